The van der Waals surface area contributed by atoms with Crippen molar-refractivity contribution in [3.8, 4) is 0 Å². The van der Waals surface area contributed by atoms with Gasteiger partial charge in [-0.3, -0.25) is 14.4 Å². The summed E-state index contributed by atoms with van der Waals surface area (Å²) in [7, 11) is 4.33. The molecular formula is C32H50N2O5. The van der Waals surface area contributed by atoms with Gasteiger partial charge in [0.15, 0.2) is 0 Å². The van der Waals surface area contributed by atoms with E-state index in [0.717, 1.165) is 37.7 Å². The van der Waals surface area contributed by atoms with Crippen molar-refractivity contribution in [1.82, 2.24) is 10.2 Å². The first kappa shape index (κ1) is 29.8. The normalized spacial score (nSPS) is 39.8. The van der Waals surface area contributed by atoms with Crippen molar-refractivity contribution in [2.45, 2.75) is 111 Å². The summed E-state index contributed by atoms with van der Waals surface area (Å²) in [6, 6.07) is -0.157. The third-order valence-electron chi connectivity index (χ3n) is 10.9. The van der Waals surface area contributed by atoms with E-state index in [-0.39, 0.29) is 34.6 Å². The summed E-state index contributed by atoms with van der Waals surface area (Å²) in [6.07, 6.45) is 9.02. The van der Waals surface area contributed by atoms with Crippen LogP contribution in [0.2, 0.25) is 0 Å². The number of likely N-dealkylation sites (N-methyl/N-ethyl adjacent to an activating group) is 1. The Morgan fingerprint density at radius 2 is 1.67 bits per heavy atom. The average Bonchev–Trinajstić information content (AvgIpc) is 3.16. The van der Waals surface area contributed by atoms with Gasteiger partial charge in [-0.15, -0.1) is 0 Å². The Kier molecular flexibility index (Phi) is 8.43. The molecule has 0 aromatic rings. The molecule has 0 bridgehead atoms. The number of fused-ring (bicyclic) bond motifs is 5. The summed E-state index contributed by atoms with van der Waals surface area (Å²) in [5.74, 6) is 0.706. The van der Waals surface area contributed by atoms with E-state index in [1.54, 1.807) is 11.6 Å². The number of esters is 2. The molecule has 0 aromatic carbocycles. The topological polar surface area (TPSA) is 84.9 Å². The molecule has 0 unspecified atom stereocenters. The van der Waals surface area contributed by atoms with Crippen LogP contribution >= 0.6 is 0 Å². The van der Waals surface area contributed by atoms with Crippen molar-refractivity contribution >= 4 is 17.8 Å². The van der Waals surface area contributed by atoms with Crippen molar-refractivity contribution in [2.24, 2.45) is 34.5 Å². The van der Waals surface area contributed by atoms with Gasteiger partial charge < -0.3 is 19.7 Å². The summed E-state index contributed by atoms with van der Waals surface area (Å²) in [5, 5.41) is 3.07. The highest BCUT2D eigenvalue weighted by molar-refractivity contribution is 5.88. The lowest BCUT2D eigenvalue weighted by Crippen LogP contribution is -2.67. The maximum absolute atomic E-state index is 12.9. The number of carbonyl (C=O) groups is 3. The maximum atomic E-state index is 12.9. The third kappa shape index (κ3) is 5.45. The number of nitrogens with one attached hydrogen (secondary N) is 1. The zero-order valence-electron chi connectivity index (χ0n) is 25.5. The Bertz CT molecular complexity index is 1050. The lowest BCUT2D eigenvalue weighted by atomic mass is 9.43. The predicted octanol–water partition coefficient (Wildman–Crippen LogP) is 5.05. The van der Waals surface area contributed by atoms with Crippen LogP contribution in [0.15, 0.2) is 23.3 Å². The van der Waals surface area contributed by atoms with E-state index in [9.17, 15) is 14.4 Å². The minimum Gasteiger partial charge on any atom is -0.460 e. The van der Waals surface area contributed by atoms with Gasteiger partial charge in [0, 0.05) is 31.9 Å². The molecule has 0 spiro atoms. The molecule has 0 radical (unpaired) electrons. The Morgan fingerprint density at radius 3 is 2.26 bits per heavy atom. The lowest BCUT2D eigenvalue weighted by Gasteiger charge is -2.63. The highest BCUT2D eigenvalue weighted by Gasteiger charge is 2.63. The molecule has 0 aromatic heterocycles. The van der Waals surface area contributed by atoms with Gasteiger partial charge in [-0.1, -0.05) is 31.1 Å². The van der Waals surface area contributed by atoms with E-state index < -0.39 is 18.2 Å². The molecule has 0 heterocycles. The van der Waals surface area contributed by atoms with E-state index in [0.29, 0.717) is 30.2 Å². The quantitative estimate of drug-likeness (QED) is 0.287. The zero-order valence-corrected chi connectivity index (χ0v) is 25.5. The predicted molar refractivity (Wildman–Crippen MR) is 152 cm³/mol. The number of allylic oxidation sites excluding steroid dienone is 2. The van der Waals surface area contributed by atoms with E-state index >= 15 is 0 Å². The first-order valence-electron chi connectivity index (χ1n) is 14.9. The lowest BCUT2D eigenvalue weighted by molar-refractivity contribution is -0.202. The molecule has 4 aliphatic carbocycles. The molecule has 4 rings (SSSR count). The van der Waals surface area contributed by atoms with Crippen LogP contribution in [0.5, 0.6) is 0 Å². The molecule has 3 fully saturated rings. The van der Waals surface area contributed by atoms with Crippen LogP contribution < -0.4 is 5.32 Å². The Balaban J connectivity index is 1.68. The molecule has 7 heteroatoms. The Hall–Kier alpha value is -2.15. The van der Waals surface area contributed by atoms with Crippen LogP contribution in [0.1, 0.15) is 87.0 Å². The number of rotatable bonds is 6. The van der Waals surface area contributed by atoms with Gasteiger partial charge in [-0.05, 0) is 102 Å². The highest BCUT2D eigenvalue weighted by Crippen LogP contribution is 2.67. The average molecular weight is 543 g/mol. The molecule has 1 N–H and O–H groups in total. The van der Waals surface area contributed by atoms with Crippen LogP contribution in [0.4, 0.5) is 0 Å². The molecule has 0 saturated heterocycles. The van der Waals surface area contributed by atoms with E-state index in [4.69, 9.17) is 9.47 Å². The largest absolute Gasteiger partial charge is 0.460 e. The first-order valence-corrected chi connectivity index (χ1v) is 14.9. The summed E-state index contributed by atoms with van der Waals surface area (Å²) in [4.78, 5) is 39.9. The fraction of sp³-hybridized carbons (Fsp3) is 0.781. The summed E-state index contributed by atoms with van der Waals surface area (Å²) in [6.45, 7) is 13.7. The summed E-state index contributed by atoms with van der Waals surface area (Å²) in [5.41, 5.74) is 2.50. The number of carbonyl (C=O) groups excluding carboxylic acids is 3. The minimum absolute atomic E-state index is 0.0883. The number of hydrogen-bond donors (Lipinski definition) is 1. The molecular weight excluding hydrogens is 492 g/mol. The molecule has 7 nitrogen and oxygen atoms in total. The van der Waals surface area contributed by atoms with Crippen LogP contribution in [0, 0.1) is 34.5 Å². The Labute approximate surface area is 235 Å². The maximum Gasteiger partial charge on any atom is 0.302 e. The van der Waals surface area contributed by atoms with Gasteiger partial charge in [0.05, 0.1) is 0 Å². The van der Waals surface area contributed by atoms with Crippen LogP contribution in [0.3, 0.4) is 0 Å². The SMILES string of the molecule is CC(=O)O[C@H]1[C@@H](NC(=O)C=C(C)C)[C@@H](OC(C)=O)C[C@]2(C)[C@H]3CC[C@]4(C)C([C@H](C)N(C)C)=CC[C@H]4[C@@H]3CC[C@@H]12. The fourth-order valence-electron chi connectivity index (χ4n) is 9.19. The molecule has 4 aliphatic rings. The molecule has 218 valence electrons. The minimum atomic E-state index is -0.579. The van der Waals surface area contributed by atoms with Gasteiger partial charge in [0.1, 0.15) is 18.2 Å². The number of nitrogens with zero attached hydrogens (tertiary/aromatic N) is 1. The van der Waals surface area contributed by atoms with Crippen molar-refractivity contribution in [3.63, 3.8) is 0 Å². The number of ether oxygens (including phenoxy) is 2. The summed E-state index contributed by atoms with van der Waals surface area (Å²) < 4.78 is 12.0. The van der Waals surface area contributed by atoms with Gasteiger partial charge in [0.25, 0.3) is 0 Å². The third-order valence-corrected chi connectivity index (χ3v) is 10.9. The van der Waals surface area contributed by atoms with Crippen LogP contribution in [-0.4, -0.2) is 61.1 Å². The summed E-state index contributed by atoms with van der Waals surface area (Å²) >= 11 is 0. The molecule has 10 atom stereocenters. The molecule has 0 aliphatic heterocycles. The second kappa shape index (κ2) is 11.0. The molecule has 3 saturated carbocycles. The first-order chi connectivity index (χ1) is 18.2. The van der Waals surface area contributed by atoms with E-state index in [2.05, 4.69) is 51.2 Å². The van der Waals surface area contributed by atoms with Crippen molar-refractivity contribution < 1.29 is 23.9 Å². The number of amides is 1. The van der Waals surface area contributed by atoms with Gasteiger partial charge in [-0.25, -0.2) is 0 Å². The monoisotopic (exact) mass is 542 g/mol. The fourth-order valence-corrected chi connectivity index (χ4v) is 9.19. The van der Waals surface area contributed by atoms with E-state index in [1.165, 1.54) is 13.8 Å². The van der Waals surface area contributed by atoms with Gasteiger partial charge >= 0.3 is 11.9 Å². The highest BCUT2D eigenvalue weighted by atomic mass is 16.6. The van der Waals surface area contributed by atoms with Crippen LogP contribution in [0.25, 0.3) is 0 Å². The smallest absolute Gasteiger partial charge is 0.302 e. The van der Waals surface area contributed by atoms with Gasteiger partial charge in [-0.2, -0.15) is 0 Å². The zero-order chi connectivity index (χ0) is 28.9. The van der Waals surface area contributed by atoms with Crippen molar-refractivity contribution in [3.05, 3.63) is 23.3 Å². The number of hydrogen-bond acceptors (Lipinski definition) is 6. The molecule has 1 amide bonds. The second-order valence-electron chi connectivity index (χ2n) is 13.7. The van der Waals surface area contributed by atoms with Gasteiger partial charge in [0.2, 0.25) is 5.91 Å². The second-order valence-corrected chi connectivity index (χ2v) is 13.7. The molecule has 39 heavy (non-hydrogen) atoms. The van der Waals surface area contributed by atoms with Crippen LogP contribution in [-0.2, 0) is 23.9 Å². The van der Waals surface area contributed by atoms with E-state index in [1.807, 2.05) is 13.8 Å². The van der Waals surface area contributed by atoms with Crippen molar-refractivity contribution in [2.75, 3.05) is 14.1 Å². The van der Waals surface area contributed by atoms with Crippen molar-refractivity contribution in [1.29, 1.82) is 0 Å². The Morgan fingerprint density at radius 1 is 1.00 bits per heavy atom. The standard InChI is InChI=1S/C32H50N2O5/c1-18(2)16-28(37)33-29-27(38-20(4)35)17-32(7)25-14-15-31(6)23(19(3)34(8)9)12-13-24(31)22(25)10-11-26(32)30(29)39-21(5)36/h12,16,19,22,24-27,29-30H,10-11,13-15,17H2,1-9H3,(H,33,37)/t19-,22-,24-,25-,26-,27-,29-,30+,31+,32+/m0/s1.